The summed E-state index contributed by atoms with van der Waals surface area (Å²) < 4.78 is 38.5. The van der Waals surface area contributed by atoms with E-state index >= 15 is 0 Å². The minimum absolute atomic E-state index is 0.272. The summed E-state index contributed by atoms with van der Waals surface area (Å²) in [4.78, 5) is 11.3. The van der Waals surface area contributed by atoms with E-state index in [9.17, 15) is 23.1 Å². The van der Waals surface area contributed by atoms with Crippen molar-refractivity contribution < 1.29 is 23.1 Å². The Morgan fingerprint density at radius 2 is 1.65 bits per heavy atom. The fourth-order valence-electron chi connectivity index (χ4n) is 2.15. The second-order valence-corrected chi connectivity index (χ2v) is 4.33. The second-order valence-electron chi connectivity index (χ2n) is 4.33. The molecule has 0 spiro atoms. The first-order valence-corrected chi connectivity index (χ1v) is 5.82. The number of rotatable bonds is 2. The smallest absolute Gasteiger partial charge is 0.416 e. The molecule has 2 rings (SSSR count). The van der Waals surface area contributed by atoms with Crippen LogP contribution in [-0.4, -0.2) is 11.1 Å². The molecule has 0 unspecified atom stereocenters. The van der Waals surface area contributed by atoms with Crippen LogP contribution in [-0.2, 0) is 6.18 Å². The van der Waals surface area contributed by atoms with Crippen LogP contribution in [0.25, 0.3) is 11.1 Å². The number of hydrogen-bond donors (Lipinski definition) is 1. The van der Waals surface area contributed by atoms with Crippen LogP contribution in [0, 0.1) is 6.92 Å². The lowest BCUT2D eigenvalue weighted by Gasteiger charge is -2.15. The van der Waals surface area contributed by atoms with Gasteiger partial charge in [0.2, 0.25) is 0 Å². The Labute approximate surface area is 113 Å². The summed E-state index contributed by atoms with van der Waals surface area (Å²) in [6.45, 7) is 1.18. The van der Waals surface area contributed by atoms with Crippen LogP contribution in [0.4, 0.5) is 13.2 Å². The van der Waals surface area contributed by atoms with Crippen LogP contribution in [0.15, 0.2) is 42.5 Å². The predicted molar refractivity (Wildman–Crippen MR) is 68.6 cm³/mol. The number of carboxylic acids is 1. The molecular weight excluding hydrogens is 269 g/mol. The molecule has 0 radical (unpaired) electrons. The third kappa shape index (κ3) is 2.52. The molecule has 104 valence electrons. The highest BCUT2D eigenvalue weighted by Crippen LogP contribution is 2.36. The Morgan fingerprint density at radius 3 is 2.15 bits per heavy atom. The van der Waals surface area contributed by atoms with Crippen molar-refractivity contribution in [3.8, 4) is 11.1 Å². The zero-order valence-corrected chi connectivity index (χ0v) is 10.5. The monoisotopic (exact) mass is 280 g/mol. The molecule has 0 aliphatic rings. The summed E-state index contributed by atoms with van der Waals surface area (Å²) in [6.07, 6.45) is -4.57. The second kappa shape index (κ2) is 5.00. The van der Waals surface area contributed by atoms with E-state index in [2.05, 4.69) is 0 Å². The molecule has 0 fully saturated rings. The highest BCUT2D eigenvalue weighted by Gasteiger charge is 2.34. The number of carbonyl (C=O) groups is 1. The topological polar surface area (TPSA) is 37.3 Å². The van der Waals surface area contributed by atoms with Crippen molar-refractivity contribution in [3.05, 3.63) is 59.2 Å². The van der Waals surface area contributed by atoms with Gasteiger partial charge in [0.25, 0.3) is 0 Å². The zero-order valence-electron chi connectivity index (χ0n) is 10.5. The number of benzene rings is 2. The fourth-order valence-corrected chi connectivity index (χ4v) is 2.15. The van der Waals surface area contributed by atoms with Gasteiger partial charge >= 0.3 is 12.1 Å². The van der Waals surface area contributed by atoms with E-state index in [1.165, 1.54) is 13.0 Å². The molecular formula is C15H11F3O2. The lowest BCUT2D eigenvalue weighted by molar-refractivity contribution is -0.138. The Bertz CT molecular complexity index is 646. The lowest BCUT2D eigenvalue weighted by Crippen LogP contribution is -2.12. The van der Waals surface area contributed by atoms with E-state index in [-0.39, 0.29) is 16.7 Å². The summed E-state index contributed by atoms with van der Waals surface area (Å²) >= 11 is 0. The van der Waals surface area contributed by atoms with Crippen LogP contribution in [0.1, 0.15) is 21.5 Å². The maximum atomic E-state index is 12.8. The van der Waals surface area contributed by atoms with Gasteiger partial charge in [-0.25, -0.2) is 4.79 Å². The van der Waals surface area contributed by atoms with Crippen molar-refractivity contribution in [3.63, 3.8) is 0 Å². The molecule has 0 heterocycles. The molecule has 0 atom stereocenters. The number of alkyl halides is 3. The van der Waals surface area contributed by atoms with Crippen LogP contribution >= 0.6 is 0 Å². The predicted octanol–water partition coefficient (Wildman–Crippen LogP) is 4.38. The molecule has 0 saturated heterocycles. The summed E-state index contributed by atoms with van der Waals surface area (Å²) in [5.41, 5.74) is -0.655. The molecule has 2 aromatic carbocycles. The van der Waals surface area contributed by atoms with Crippen molar-refractivity contribution in [1.29, 1.82) is 0 Å². The van der Waals surface area contributed by atoms with E-state index < -0.39 is 17.7 Å². The van der Waals surface area contributed by atoms with Gasteiger partial charge in [-0.05, 0) is 29.7 Å². The van der Waals surface area contributed by atoms with E-state index in [0.29, 0.717) is 5.56 Å². The Hall–Kier alpha value is -2.30. The first kappa shape index (κ1) is 14.1. The van der Waals surface area contributed by atoms with Crippen LogP contribution < -0.4 is 0 Å². The van der Waals surface area contributed by atoms with Gasteiger partial charge in [-0.15, -0.1) is 0 Å². The molecule has 0 amide bonds. The number of aromatic carboxylic acids is 1. The minimum Gasteiger partial charge on any atom is -0.478 e. The van der Waals surface area contributed by atoms with Gasteiger partial charge in [-0.1, -0.05) is 36.4 Å². The third-order valence-electron chi connectivity index (χ3n) is 3.07. The van der Waals surface area contributed by atoms with Gasteiger partial charge in [0.15, 0.2) is 0 Å². The molecule has 0 saturated carbocycles. The van der Waals surface area contributed by atoms with Crippen LogP contribution in [0.3, 0.4) is 0 Å². The molecule has 0 aromatic heterocycles. The van der Waals surface area contributed by atoms with Crippen molar-refractivity contribution in [2.75, 3.05) is 0 Å². The van der Waals surface area contributed by atoms with Gasteiger partial charge in [0.05, 0.1) is 11.1 Å². The average Bonchev–Trinajstić information content (AvgIpc) is 2.37. The maximum absolute atomic E-state index is 12.8. The number of carboxylic acid groups (broad SMARTS) is 1. The Balaban J connectivity index is 2.73. The molecule has 1 N–H and O–H groups in total. The SMILES string of the molecule is Cc1c(C(F)(F)F)ccc(-c2ccccc2)c1C(=O)O. The van der Waals surface area contributed by atoms with E-state index in [0.717, 1.165) is 6.07 Å². The summed E-state index contributed by atoms with van der Waals surface area (Å²) in [5.74, 6) is -1.37. The van der Waals surface area contributed by atoms with Gasteiger partial charge in [0.1, 0.15) is 0 Å². The summed E-state index contributed by atoms with van der Waals surface area (Å²) in [6, 6.07) is 10.6. The lowest BCUT2D eigenvalue weighted by atomic mass is 9.92. The van der Waals surface area contributed by atoms with E-state index in [1.54, 1.807) is 30.3 Å². The average molecular weight is 280 g/mol. The third-order valence-corrected chi connectivity index (χ3v) is 3.07. The summed E-state index contributed by atoms with van der Waals surface area (Å²) in [5, 5.41) is 9.23. The normalized spacial score (nSPS) is 11.4. The van der Waals surface area contributed by atoms with Crippen molar-refractivity contribution in [1.82, 2.24) is 0 Å². The zero-order chi connectivity index (χ0) is 14.9. The first-order valence-electron chi connectivity index (χ1n) is 5.82. The van der Waals surface area contributed by atoms with Gasteiger partial charge in [0, 0.05) is 0 Å². The first-order chi connectivity index (χ1) is 9.32. The molecule has 20 heavy (non-hydrogen) atoms. The molecule has 5 heteroatoms. The Morgan fingerprint density at radius 1 is 1.05 bits per heavy atom. The van der Waals surface area contributed by atoms with E-state index in [1.807, 2.05) is 0 Å². The maximum Gasteiger partial charge on any atom is 0.416 e. The largest absolute Gasteiger partial charge is 0.478 e. The standard InChI is InChI=1S/C15H11F3O2/c1-9-12(15(16,17)18)8-7-11(13(9)14(19)20)10-5-3-2-4-6-10/h2-8H,1H3,(H,19,20). The van der Waals surface area contributed by atoms with Gasteiger partial charge in [-0.3, -0.25) is 0 Å². The summed E-state index contributed by atoms with van der Waals surface area (Å²) in [7, 11) is 0. The van der Waals surface area contributed by atoms with Crippen molar-refractivity contribution in [2.45, 2.75) is 13.1 Å². The molecule has 2 aromatic rings. The van der Waals surface area contributed by atoms with Crippen molar-refractivity contribution in [2.24, 2.45) is 0 Å². The highest BCUT2D eigenvalue weighted by molar-refractivity contribution is 5.98. The molecule has 0 aliphatic heterocycles. The molecule has 0 aliphatic carbocycles. The van der Waals surface area contributed by atoms with Gasteiger partial charge < -0.3 is 5.11 Å². The van der Waals surface area contributed by atoms with Crippen LogP contribution in [0.5, 0.6) is 0 Å². The van der Waals surface area contributed by atoms with Gasteiger partial charge in [-0.2, -0.15) is 13.2 Å². The van der Waals surface area contributed by atoms with Crippen LogP contribution in [0.2, 0.25) is 0 Å². The minimum atomic E-state index is -4.57. The number of halogens is 3. The quantitative estimate of drug-likeness (QED) is 0.886. The van der Waals surface area contributed by atoms with Crippen molar-refractivity contribution >= 4 is 5.97 Å². The fraction of sp³-hybridized carbons (Fsp3) is 0.133. The highest BCUT2D eigenvalue weighted by atomic mass is 19.4. The Kier molecular flexibility index (Phi) is 3.53. The number of hydrogen-bond acceptors (Lipinski definition) is 1. The molecule has 0 bridgehead atoms. The molecule has 2 nitrogen and oxygen atoms in total. The van der Waals surface area contributed by atoms with E-state index in [4.69, 9.17) is 0 Å².